The molecule has 1 aromatic carbocycles. The lowest BCUT2D eigenvalue weighted by Crippen LogP contribution is -2.35. The summed E-state index contributed by atoms with van der Waals surface area (Å²) in [7, 11) is 0. The van der Waals surface area contributed by atoms with Crippen LogP contribution in [0.1, 0.15) is 31.1 Å². The van der Waals surface area contributed by atoms with Crippen LogP contribution in [0.3, 0.4) is 0 Å². The Morgan fingerprint density at radius 3 is 2.55 bits per heavy atom. The van der Waals surface area contributed by atoms with Crippen LogP contribution in [0.5, 0.6) is 0 Å². The van der Waals surface area contributed by atoms with Crippen LogP contribution in [0.2, 0.25) is 0 Å². The first-order chi connectivity index (χ1) is 9.63. The van der Waals surface area contributed by atoms with E-state index in [1.165, 1.54) is 6.07 Å². The molecule has 0 saturated carbocycles. The summed E-state index contributed by atoms with van der Waals surface area (Å²) in [4.78, 5) is 14.3. The quantitative estimate of drug-likeness (QED) is 0.768. The van der Waals surface area contributed by atoms with Gasteiger partial charge in [0.15, 0.2) is 0 Å². The number of amides is 1. The van der Waals surface area contributed by atoms with Crippen molar-refractivity contribution in [3.63, 3.8) is 0 Å². The summed E-state index contributed by atoms with van der Waals surface area (Å²) in [5.74, 6) is -0.643. The van der Waals surface area contributed by atoms with E-state index < -0.39 is 5.82 Å². The molecule has 112 valence electrons. The van der Waals surface area contributed by atoms with E-state index in [0.717, 1.165) is 19.6 Å². The lowest BCUT2D eigenvalue weighted by molar-refractivity contribution is 0.0949. The van der Waals surface area contributed by atoms with Crippen LogP contribution in [0.15, 0.2) is 18.2 Å². The number of anilines is 1. The minimum absolute atomic E-state index is 0.243. The summed E-state index contributed by atoms with van der Waals surface area (Å²) in [6.07, 6.45) is 0. The highest BCUT2D eigenvalue weighted by molar-refractivity contribution is 5.99. The lowest BCUT2D eigenvalue weighted by Gasteiger charge is -2.18. The fourth-order valence-corrected chi connectivity index (χ4v) is 2.03. The van der Waals surface area contributed by atoms with Gasteiger partial charge in [-0.25, -0.2) is 4.39 Å². The molecule has 0 fully saturated rings. The molecule has 0 unspecified atom stereocenters. The second-order valence-electron chi connectivity index (χ2n) is 4.48. The number of hydrogen-bond donors (Lipinski definition) is 2. The van der Waals surface area contributed by atoms with Gasteiger partial charge in [0.2, 0.25) is 0 Å². The number of carbonyl (C=O) groups excluding carboxylic acids is 1. The number of halogens is 1. The maximum atomic E-state index is 13.7. The molecular weight excluding hydrogens is 257 g/mol. The van der Waals surface area contributed by atoms with E-state index in [1.807, 2.05) is 6.92 Å². The summed E-state index contributed by atoms with van der Waals surface area (Å²) in [6.45, 7) is 9.87. The number of likely N-dealkylation sites (N-methyl/N-ethyl adjacent to an activating group) is 1. The molecule has 1 rings (SSSR count). The maximum Gasteiger partial charge on any atom is 0.253 e. The predicted octanol–water partition coefficient (Wildman–Crippen LogP) is 2.33. The minimum atomic E-state index is -0.400. The highest BCUT2D eigenvalue weighted by Crippen LogP contribution is 2.19. The van der Waals surface area contributed by atoms with Gasteiger partial charge in [0.1, 0.15) is 5.82 Å². The first-order valence-corrected chi connectivity index (χ1v) is 7.16. The average molecular weight is 281 g/mol. The molecule has 0 aliphatic heterocycles. The molecule has 0 heterocycles. The zero-order valence-corrected chi connectivity index (χ0v) is 12.5. The third kappa shape index (κ3) is 4.49. The second kappa shape index (κ2) is 8.53. The van der Waals surface area contributed by atoms with Gasteiger partial charge in [0.25, 0.3) is 5.91 Å². The Balaban J connectivity index is 2.65. The molecule has 5 heteroatoms. The van der Waals surface area contributed by atoms with E-state index in [-0.39, 0.29) is 11.6 Å². The maximum absolute atomic E-state index is 13.7. The van der Waals surface area contributed by atoms with Gasteiger partial charge in [-0.05, 0) is 32.1 Å². The van der Waals surface area contributed by atoms with Crippen LogP contribution in [-0.2, 0) is 0 Å². The van der Waals surface area contributed by atoms with Crippen LogP contribution in [0, 0.1) is 5.82 Å². The molecule has 0 aliphatic rings. The summed E-state index contributed by atoms with van der Waals surface area (Å²) in [5.41, 5.74) is 0.627. The van der Waals surface area contributed by atoms with Crippen molar-refractivity contribution in [3.05, 3.63) is 29.6 Å². The number of rotatable bonds is 8. The minimum Gasteiger partial charge on any atom is -0.382 e. The molecular formula is C15H24FN3O. The van der Waals surface area contributed by atoms with Crippen molar-refractivity contribution < 1.29 is 9.18 Å². The summed E-state index contributed by atoms with van der Waals surface area (Å²) >= 11 is 0. The molecule has 0 radical (unpaired) electrons. The van der Waals surface area contributed by atoms with Crippen molar-refractivity contribution >= 4 is 11.6 Å². The molecule has 1 aromatic rings. The smallest absolute Gasteiger partial charge is 0.253 e. The Morgan fingerprint density at radius 2 is 1.95 bits per heavy atom. The molecule has 0 atom stereocenters. The molecule has 0 spiro atoms. The number of benzene rings is 1. The molecule has 0 aliphatic carbocycles. The third-order valence-electron chi connectivity index (χ3n) is 3.22. The van der Waals surface area contributed by atoms with E-state index in [2.05, 4.69) is 29.4 Å². The predicted molar refractivity (Wildman–Crippen MR) is 80.7 cm³/mol. The SMILES string of the molecule is CCNc1c(F)cccc1C(=O)NCCN(CC)CC. The van der Waals surface area contributed by atoms with Crippen molar-refractivity contribution in [2.75, 3.05) is 38.0 Å². The van der Waals surface area contributed by atoms with Crippen LogP contribution in [-0.4, -0.2) is 43.5 Å². The van der Waals surface area contributed by atoms with Gasteiger partial charge in [-0.1, -0.05) is 19.9 Å². The van der Waals surface area contributed by atoms with E-state index >= 15 is 0 Å². The molecule has 1 amide bonds. The largest absolute Gasteiger partial charge is 0.382 e. The van der Waals surface area contributed by atoms with Gasteiger partial charge < -0.3 is 15.5 Å². The van der Waals surface area contributed by atoms with Crippen molar-refractivity contribution in [3.8, 4) is 0 Å². The number of para-hydroxylation sites is 1. The Bertz CT molecular complexity index is 433. The molecule has 4 nitrogen and oxygen atoms in total. The summed E-state index contributed by atoms with van der Waals surface area (Å²) < 4.78 is 13.7. The average Bonchev–Trinajstić information content (AvgIpc) is 2.45. The fourth-order valence-electron chi connectivity index (χ4n) is 2.03. The Morgan fingerprint density at radius 1 is 1.25 bits per heavy atom. The van der Waals surface area contributed by atoms with Crippen molar-refractivity contribution in [2.45, 2.75) is 20.8 Å². The van der Waals surface area contributed by atoms with Crippen molar-refractivity contribution in [2.24, 2.45) is 0 Å². The van der Waals surface area contributed by atoms with Crippen LogP contribution in [0.25, 0.3) is 0 Å². The van der Waals surface area contributed by atoms with Gasteiger partial charge in [-0.15, -0.1) is 0 Å². The monoisotopic (exact) mass is 281 g/mol. The van der Waals surface area contributed by atoms with Gasteiger partial charge in [0.05, 0.1) is 11.3 Å². The summed E-state index contributed by atoms with van der Waals surface area (Å²) in [6, 6.07) is 4.54. The lowest BCUT2D eigenvalue weighted by atomic mass is 10.1. The highest BCUT2D eigenvalue weighted by atomic mass is 19.1. The molecule has 2 N–H and O–H groups in total. The number of carbonyl (C=O) groups is 1. The Kier molecular flexibility index (Phi) is 7.01. The van der Waals surface area contributed by atoms with Crippen LogP contribution in [0.4, 0.5) is 10.1 Å². The number of hydrogen-bond acceptors (Lipinski definition) is 3. The van der Waals surface area contributed by atoms with Gasteiger partial charge >= 0.3 is 0 Å². The number of nitrogens with one attached hydrogen (secondary N) is 2. The van der Waals surface area contributed by atoms with Gasteiger partial charge in [-0.3, -0.25) is 4.79 Å². The Hall–Kier alpha value is -1.62. The van der Waals surface area contributed by atoms with Gasteiger partial charge in [0, 0.05) is 19.6 Å². The molecule has 0 aromatic heterocycles. The van der Waals surface area contributed by atoms with Crippen LogP contribution >= 0.6 is 0 Å². The molecule has 0 bridgehead atoms. The van der Waals surface area contributed by atoms with Crippen LogP contribution < -0.4 is 10.6 Å². The van der Waals surface area contributed by atoms with Gasteiger partial charge in [-0.2, -0.15) is 0 Å². The zero-order chi connectivity index (χ0) is 15.0. The van der Waals surface area contributed by atoms with E-state index in [9.17, 15) is 9.18 Å². The standard InChI is InChI=1S/C15H24FN3O/c1-4-17-14-12(8-7-9-13(14)16)15(20)18-10-11-19(5-2)6-3/h7-9,17H,4-6,10-11H2,1-3H3,(H,18,20). The Labute approximate surface area is 120 Å². The fraction of sp³-hybridized carbons (Fsp3) is 0.533. The van der Waals surface area contributed by atoms with E-state index in [4.69, 9.17) is 0 Å². The first-order valence-electron chi connectivity index (χ1n) is 7.16. The number of nitrogens with zero attached hydrogens (tertiary/aromatic N) is 1. The summed E-state index contributed by atoms with van der Waals surface area (Å²) in [5, 5.41) is 5.74. The topological polar surface area (TPSA) is 44.4 Å². The normalized spacial score (nSPS) is 10.7. The van der Waals surface area contributed by atoms with Crippen molar-refractivity contribution in [1.29, 1.82) is 0 Å². The molecule has 20 heavy (non-hydrogen) atoms. The van der Waals surface area contributed by atoms with E-state index in [0.29, 0.717) is 18.7 Å². The third-order valence-corrected chi connectivity index (χ3v) is 3.22. The van der Waals surface area contributed by atoms with E-state index in [1.54, 1.807) is 12.1 Å². The molecule has 0 saturated heterocycles. The second-order valence-corrected chi connectivity index (χ2v) is 4.48. The van der Waals surface area contributed by atoms with Crippen molar-refractivity contribution in [1.82, 2.24) is 10.2 Å². The first kappa shape index (κ1) is 16.4. The zero-order valence-electron chi connectivity index (χ0n) is 12.5. The highest BCUT2D eigenvalue weighted by Gasteiger charge is 2.14.